The molecule has 0 aromatic heterocycles. The third-order valence-electron chi connectivity index (χ3n) is 5.10. The molecule has 3 atom stereocenters. The molecule has 3 saturated carbocycles. The maximum atomic E-state index is 12.1. The van der Waals surface area contributed by atoms with E-state index in [1.54, 1.807) is 0 Å². The van der Waals surface area contributed by atoms with Gasteiger partial charge in [0.25, 0.3) is 0 Å². The van der Waals surface area contributed by atoms with Crippen LogP contribution < -0.4 is 11.1 Å². The summed E-state index contributed by atoms with van der Waals surface area (Å²) in [4.78, 5) is 12.1. The summed E-state index contributed by atoms with van der Waals surface area (Å²) in [5.74, 6) is 2.18. The Morgan fingerprint density at radius 3 is 2.62 bits per heavy atom. The van der Waals surface area contributed by atoms with Gasteiger partial charge in [0, 0.05) is 12.5 Å². The highest BCUT2D eigenvalue weighted by atomic mass is 16.1. The lowest BCUT2D eigenvalue weighted by molar-refractivity contribution is -0.126. The third kappa shape index (κ3) is 1.75. The third-order valence-corrected chi connectivity index (χ3v) is 5.10. The smallest absolute Gasteiger partial charge is 0.223 e. The first kappa shape index (κ1) is 10.6. The summed E-state index contributed by atoms with van der Waals surface area (Å²) in [6.45, 7) is 1.54. The van der Waals surface area contributed by atoms with Crippen LogP contribution in [0.4, 0.5) is 0 Å². The fraction of sp³-hybridized carbons (Fsp3) is 0.923. The Labute approximate surface area is 97.2 Å². The maximum absolute atomic E-state index is 12.1. The van der Waals surface area contributed by atoms with Gasteiger partial charge in [0.1, 0.15) is 0 Å². The number of carbonyl (C=O) groups is 1. The van der Waals surface area contributed by atoms with Crippen molar-refractivity contribution in [1.82, 2.24) is 5.32 Å². The lowest BCUT2D eigenvalue weighted by atomic mass is 9.88. The molecule has 0 aromatic carbocycles. The molecule has 3 rings (SSSR count). The van der Waals surface area contributed by atoms with E-state index in [0.717, 1.165) is 25.4 Å². The van der Waals surface area contributed by atoms with Crippen LogP contribution in [0, 0.1) is 23.2 Å². The molecule has 3 aliphatic rings. The molecule has 1 amide bonds. The first-order valence-corrected chi connectivity index (χ1v) is 6.70. The van der Waals surface area contributed by atoms with Crippen LogP contribution in [-0.4, -0.2) is 19.0 Å². The van der Waals surface area contributed by atoms with Gasteiger partial charge in [-0.2, -0.15) is 0 Å². The van der Waals surface area contributed by atoms with Crippen LogP contribution in [0.25, 0.3) is 0 Å². The van der Waals surface area contributed by atoms with E-state index in [9.17, 15) is 4.79 Å². The molecule has 3 fully saturated rings. The van der Waals surface area contributed by atoms with Crippen LogP contribution in [0.3, 0.4) is 0 Å². The molecule has 3 aliphatic carbocycles. The van der Waals surface area contributed by atoms with E-state index in [0.29, 0.717) is 17.7 Å². The minimum Gasteiger partial charge on any atom is -0.355 e. The maximum Gasteiger partial charge on any atom is 0.223 e. The van der Waals surface area contributed by atoms with Crippen molar-refractivity contribution in [3.05, 3.63) is 0 Å². The van der Waals surface area contributed by atoms with Crippen molar-refractivity contribution >= 4 is 5.91 Å². The monoisotopic (exact) mass is 222 g/mol. The number of nitrogens with two attached hydrogens (primary N) is 1. The van der Waals surface area contributed by atoms with Crippen LogP contribution in [0.2, 0.25) is 0 Å². The van der Waals surface area contributed by atoms with Gasteiger partial charge in [-0.25, -0.2) is 0 Å². The Kier molecular flexibility index (Phi) is 2.46. The van der Waals surface area contributed by atoms with Crippen molar-refractivity contribution < 1.29 is 4.79 Å². The number of hydrogen-bond acceptors (Lipinski definition) is 2. The Morgan fingerprint density at radius 1 is 1.31 bits per heavy atom. The van der Waals surface area contributed by atoms with Crippen LogP contribution in [-0.2, 0) is 4.79 Å². The van der Waals surface area contributed by atoms with Crippen LogP contribution in [0.15, 0.2) is 0 Å². The number of rotatable bonds is 4. The van der Waals surface area contributed by atoms with Crippen molar-refractivity contribution in [2.24, 2.45) is 28.9 Å². The van der Waals surface area contributed by atoms with Crippen LogP contribution in [0.1, 0.15) is 38.5 Å². The summed E-state index contributed by atoms with van der Waals surface area (Å²) < 4.78 is 0. The van der Waals surface area contributed by atoms with E-state index in [4.69, 9.17) is 5.73 Å². The van der Waals surface area contributed by atoms with Crippen molar-refractivity contribution in [2.45, 2.75) is 38.5 Å². The highest BCUT2D eigenvalue weighted by molar-refractivity contribution is 5.79. The predicted molar refractivity (Wildman–Crippen MR) is 62.7 cm³/mol. The van der Waals surface area contributed by atoms with E-state index in [1.165, 1.54) is 32.1 Å². The largest absolute Gasteiger partial charge is 0.355 e. The van der Waals surface area contributed by atoms with Crippen molar-refractivity contribution in [3.8, 4) is 0 Å². The van der Waals surface area contributed by atoms with Crippen LogP contribution in [0.5, 0.6) is 0 Å². The second-order valence-corrected chi connectivity index (χ2v) is 6.20. The quantitative estimate of drug-likeness (QED) is 0.753. The Morgan fingerprint density at radius 2 is 2.12 bits per heavy atom. The molecule has 3 heteroatoms. The first-order valence-electron chi connectivity index (χ1n) is 6.70. The standard InChI is InChI=1S/C13H22N2O/c14-7-13(3-4-13)8-15-12(16)11-6-9-1-2-10(11)5-9/h9-11H,1-8,14H2,(H,15,16). The Bertz CT molecular complexity index is 298. The fourth-order valence-corrected chi connectivity index (χ4v) is 3.60. The van der Waals surface area contributed by atoms with E-state index >= 15 is 0 Å². The molecule has 0 aromatic rings. The number of hydrogen-bond donors (Lipinski definition) is 2. The van der Waals surface area contributed by atoms with Crippen LogP contribution >= 0.6 is 0 Å². The first-order chi connectivity index (χ1) is 7.72. The minimum absolute atomic E-state index is 0.271. The van der Waals surface area contributed by atoms with Crippen molar-refractivity contribution in [1.29, 1.82) is 0 Å². The summed E-state index contributed by atoms with van der Waals surface area (Å²) in [6, 6.07) is 0. The lowest BCUT2D eigenvalue weighted by Crippen LogP contribution is -2.39. The lowest BCUT2D eigenvalue weighted by Gasteiger charge is -2.22. The molecule has 0 heterocycles. The second kappa shape index (κ2) is 3.73. The zero-order valence-corrected chi connectivity index (χ0v) is 9.87. The molecule has 0 radical (unpaired) electrons. The molecular formula is C13H22N2O. The van der Waals surface area contributed by atoms with Gasteiger partial charge < -0.3 is 11.1 Å². The fourth-order valence-electron chi connectivity index (χ4n) is 3.60. The van der Waals surface area contributed by atoms with Gasteiger partial charge in [0.05, 0.1) is 0 Å². The zero-order chi connectivity index (χ0) is 11.2. The Hall–Kier alpha value is -0.570. The molecule has 3 nitrogen and oxygen atoms in total. The number of nitrogens with one attached hydrogen (secondary N) is 1. The van der Waals surface area contributed by atoms with Gasteiger partial charge in [0.2, 0.25) is 5.91 Å². The highest BCUT2D eigenvalue weighted by Gasteiger charge is 2.45. The zero-order valence-electron chi connectivity index (χ0n) is 9.87. The van der Waals surface area contributed by atoms with Gasteiger partial charge in [-0.05, 0) is 55.9 Å². The number of carbonyl (C=O) groups excluding carboxylic acids is 1. The SMILES string of the molecule is NCC1(CNC(=O)C2CC3CCC2C3)CC1. The highest BCUT2D eigenvalue weighted by Crippen LogP contribution is 2.48. The van der Waals surface area contributed by atoms with Gasteiger partial charge in [-0.1, -0.05) is 6.42 Å². The molecule has 16 heavy (non-hydrogen) atoms. The second-order valence-electron chi connectivity index (χ2n) is 6.20. The number of fused-ring (bicyclic) bond motifs is 2. The summed E-state index contributed by atoms with van der Waals surface area (Å²) in [5.41, 5.74) is 5.99. The number of amides is 1. The van der Waals surface area contributed by atoms with Gasteiger partial charge in [-0.3, -0.25) is 4.79 Å². The van der Waals surface area contributed by atoms with E-state index in [2.05, 4.69) is 5.32 Å². The normalized spacial score (nSPS) is 38.7. The summed E-state index contributed by atoms with van der Waals surface area (Å²) in [5, 5.41) is 3.14. The van der Waals surface area contributed by atoms with Gasteiger partial charge in [0.15, 0.2) is 0 Å². The van der Waals surface area contributed by atoms with E-state index < -0.39 is 0 Å². The summed E-state index contributed by atoms with van der Waals surface area (Å²) in [6.07, 6.45) is 7.49. The average molecular weight is 222 g/mol. The Balaban J connectivity index is 1.50. The average Bonchev–Trinajstić information content (AvgIpc) is 2.78. The molecule has 3 unspecified atom stereocenters. The predicted octanol–water partition coefficient (Wildman–Crippen LogP) is 1.28. The topological polar surface area (TPSA) is 55.1 Å². The van der Waals surface area contributed by atoms with Gasteiger partial charge in [-0.15, -0.1) is 0 Å². The summed E-state index contributed by atoms with van der Waals surface area (Å²) >= 11 is 0. The molecule has 90 valence electrons. The molecule has 0 spiro atoms. The molecule has 3 N–H and O–H groups in total. The molecule has 0 saturated heterocycles. The molecule has 2 bridgehead atoms. The molecule has 0 aliphatic heterocycles. The van der Waals surface area contributed by atoms with E-state index in [1.807, 2.05) is 0 Å². The van der Waals surface area contributed by atoms with Crippen molar-refractivity contribution in [2.75, 3.05) is 13.1 Å². The molecular weight excluding hydrogens is 200 g/mol. The summed E-state index contributed by atoms with van der Waals surface area (Å²) in [7, 11) is 0. The van der Waals surface area contributed by atoms with E-state index in [-0.39, 0.29) is 5.41 Å². The van der Waals surface area contributed by atoms with Crippen molar-refractivity contribution in [3.63, 3.8) is 0 Å². The minimum atomic E-state index is 0.271. The van der Waals surface area contributed by atoms with Gasteiger partial charge >= 0.3 is 0 Å².